The SMILES string of the molecule is CC(C)C(C(=O)O)S(=O)(=O)C1CCCC1. The highest BCUT2D eigenvalue weighted by Crippen LogP contribution is 2.29. The van der Waals surface area contributed by atoms with E-state index in [0.717, 1.165) is 12.8 Å². The van der Waals surface area contributed by atoms with Crippen LogP contribution in [0.25, 0.3) is 0 Å². The molecule has 15 heavy (non-hydrogen) atoms. The van der Waals surface area contributed by atoms with E-state index in [2.05, 4.69) is 0 Å². The number of rotatable bonds is 4. The molecule has 1 unspecified atom stereocenters. The summed E-state index contributed by atoms with van der Waals surface area (Å²) >= 11 is 0. The van der Waals surface area contributed by atoms with Gasteiger partial charge in [0.15, 0.2) is 15.1 Å². The summed E-state index contributed by atoms with van der Waals surface area (Å²) in [6, 6.07) is 0. The second kappa shape index (κ2) is 4.51. The normalized spacial score (nSPS) is 20.7. The van der Waals surface area contributed by atoms with Crippen LogP contribution in [-0.2, 0) is 14.6 Å². The summed E-state index contributed by atoms with van der Waals surface area (Å²) in [4.78, 5) is 11.0. The Hall–Kier alpha value is -0.580. The first kappa shape index (κ1) is 12.5. The zero-order chi connectivity index (χ0) is 11.6. The molecule has 0 aromatic carbocycles. The third kappa shape index (κ3) is 2.51. The summed E-state index contributed by atoms with van der Waals surface area (Å²) in [6.07, 6.45) is 3.04. The molecule has 1 rings (SSSR count). The topological polar surface area (TPSA) is 71.4 Å². The van der Waals surface area contributed by atoms with Gasteiger partial charge in [0.25, 0.3) is 0 Å². The highest BCUT2D eigenvalue weighted by molar-refractivity contribution is 7.93. The lowest BCUT2D eigenvalue weighted by Gasteiger charge is -2.20. The minimum atomic E-state index is -3.50. The van der Waals surface area contributed by atoms with E-state index in [0.29, 0.717) is 12.8 Å². The molecule has 0 heterocycles. The van der Waals surface area contributed by atoms with Crippen molar-refractivity contribution in [2.75, 3.05) is 0 Å². The van der Waals surface area contributed by atoms with E-state index in [1.54, 1.807) is 13.8 Å². The molecular formula is C10H18O4S. The monoisotopic (exact) mass is 234 g/mol. The Morgan fingerprint density at radius 1 is 1.27 bits per heavy atom. The maximum Gasteiger partial charge on any atom is 0.322 e. The van der Waals surface area contributed by atoms with Gasteiger partial charge in [0, 0.05) is 0 Å². The molecule has 0 aliphatic heterocycles. The molecule has 4 nitrogen and oxygen atoms in total. The molecular weight excluding hydrogens is 216 g/mol. The minimum absolute atomic E-state index is 0.367. The van der Waals surface area contributed by atoms with Crippen LogP contribution in [0.2, 0.25) is 0 Å². The lowest BCUT2D eigenvalue weighted by atomic mass is 10.1. The average molecular weight is 234 g/mol. The van der Waals surface area contributed by atoms with E-state index >= 15 is 0 Å². The van der Waals surface area contributed by atoms with Crippen molar-refractivity contribution in [3.8, 4) is 0 Å². The van der Waals surface area contributed by atoms with Crippen molar-refractivity contribution in [3.63, 3.8) is 0 Å². The van der Waals surface area contributed by atoms with Crippen LogP contribution < -0.4 is 0 Å². The van der Waals surface area contributed by atoms with Crippen LogP contribution in [0.4, 0.5) is 0 Å². The van der Waals surface area contributed by atoms with Gasteiger partial charge in [-0.25, -0.2) is 8.42 Å². The first-order chi connectivity index (χ1) is 6.87. The molecule has 1 fully saturated rings. The summed E-state index contributed by atoms with van der Waals surface area (Å²) in [7, 11) is -3.50. The maximum atomic E-state index is 12.0. The molecule has 1 atom stereocenters. The van der Waals surface area contributed by atoms with Gasteiger partial charge in [0.2, 0.25) is 0 Å². The molecule has 1 saturated carbocycles. The predicted octanol–water partition coefficient (Wildman–Crippen LogP) is 1.45. The van der Waals surface area contributed by atoms with Gasteiger partial charge < -0.3 is 5.11 Å². The van der Waals surface area contributed by atoms with Crippen molar-refractivity contribution in [2.45, 2.75) is 50.0 Å². The molecule has 88 valence electrons. The van der Waals surface area contributed by atoms with Crippen molar-refractivity contribution in [1.82, 2.24) is 0 Å². The lowest BCUT2D eigenvalue weighted by Crippen LogP contribution is -2.40. The van der Waals surface area contributed by atoms with E-state index in [4.69, 9.17) is 5.11 Å². The van der Waals surface area contributed by atoms with E-state index in [1.807, 2.05) is 0 Å². The third-order valence-electron chi connectivity index (χ3n) is 2.97. The highest BCUT2D eigenvalue weighted by atomic mass is 32.2. The van der Waals surface area contributed by atoms with E-state index < -0.39 is 26.3 Å². The fourth-order valence-electron chi connectivity index (χ4n) is 2.23. The Morgan fingerprint density at radius 2 is 1.73 bits per heavy atom. The second-order valence-electron chi connectivity index (χ2n) is 4.50. The van der Waals surface area contributed by atoms with Crippen LogP contribution in [0.15, 0.2) is 0 Å². The van der Waals surface area contributed by atoms with Crippen molar-refractivity contribution in [3.05, 3.63) is 0 Å². The van der Waals surface area contributed by atoms with Gasteiger partial charge in [0.05, 0.1) is 5.25 Å². The van der Waals surface area contributed by atoms with Gasteiger partial charge in [-0.15, -0.1) is 0 Å². The smallest absolute Gasteiger partial charge is 0.322 e. The van der Waals surface area contributed by atoms with Gasteiger partial charge in [0.1, 0.15) is 0 Å². The standard InChI is InChI=1S/C10H18O4S/c1-7(2)9(10(11)12)15(13,14)8-5-3-4-6-8/h7-9H,3-6H2,1-2H3,(H,11,12). The Bertz CT molecular complexity index is 325. The molecule has 5 heteroatoms. The van der Waals surface area contributed by atoms with Crippen molar-refractivity contribution < 1.29 is 18.3 Å². The quantitative estimate of drug-likeness (QED) is 0.799. The largest absolute Gasteiger partial charge is 0.480 e. The van der Waals surface area contributed by atoms with Crippen LogP contribution >= 0.6 is 0 Å². The molecule has 1 N–H and O–H groups in total. The van der Waals surface area contributed by atoms with Crippen molar-refractivity contribution in [2.24, 2.45) is 5.92 Å². The van der Waals surface area contributed by atoms with Crippen LogP contribution in [0.1, 0.15) is 39.5 Å². The average Bonchev–Trinajstić information content (AvgIpc) is 2.52. The number of hydrogen-bond donors (Lipinski definition) is 1. The fourth-order valence-corrected chi connectivity index (χ4v) is 4.67. The maximum absolute atomic E-state index is 12.0. The van der Waals surface area contributed by atoms with Crippen LogP contribution in [-0.4, -0.2) is 30.0 Å². The Morgan fingerprint density at radius 3 is 2.07 bits per heavy atom. The number of aliphatic carboxylic acids is 1. The molecule has 0 bridgehead atoms. The first-order valence-corrected chi connectivity index (χ1v) is 6.94. The molecule has 1 aliphatic carbocycles. The van der Waals surface area contributed by atoms with Gasteiger partial charge in [-0.3, -0.25) is 4.79 Å². The Balaban J connectivity index is 2.95. The van der Waals surface area contributed by atoms with Gasteiger partial charge in [-0.2, -0.15) is 0 Å². The zero-order valence-electron chi connectivity index (χ0n) is 9.14. The van der Waals surface area contributed by atoms with E-state index in [-0.39, 0.29) is 5.92 Å². The summed E-state index contributed by atoms with van der Waals surface area (Å²) in [5.74, 6) is -1.58. The van der Waals surface area contributed by atoms with Gasteiger partial charge in [-0.1, -0.05) is 26.7 Å². The number of hydrogen-bond acceptors (Lipinski definition) is 3. The second-order valence-corrected chi connectivity index (χ2v) is 6.85. The van der Waals surface area contributed by atoms with E-state index in [1.165, 1.54) is 0 Å². The summed E-state index contributed by atoms with van der Waals surface area (Å²) < 4.78 is 24.1. The van der Waals surface area contributed by atoms with Gasteiger partial charge >= 0.3 is 5.97 Å². The summed E-state index contributed by atoms with van der Waals surface area (Å²) in [5.41, 5.74) is 0. The fraction of sp³-hybridized carbons (Fsp3) is 0.900. The molecule has 0 amide bonds. The molecule has 0 aromatic heterocycles. The number of carboxylic acid groups (broad SMARTS) is 1. The predicted molar refractivity (Wildman–Crippen MR) is 57.4 cm³/mol. The van der Waals surface area contributed by atoms with Crippen LogP contribution in [0, 0.1) is 5.92 Å². The number of sulfone groups is 1. The molecule has 0 saturated heterocycles. The molecule has 0 aromatic rings. The van der Waals surface area contributed by atoms with Crippen molar-refractivity contribution >= 4 is 15.8 Å². The lowest BCUT2D eigenvalue weighted by molar-refractivity contribution is -0.137. The summed E-state index contributed by atoms with van der Waals surface area (Å²) in [6.45, 7) is 3.29. The Kier molecular flexibility index (Phi) is 3.76. The van der Waals surface area contributed by atoms with Crippen LogP contribution in [0.3, 0.4) is 0 Å². The van der Waals surface area contributed by atoms with Gasteiger partial charge in [-0.05, 0) is 18.8 Å². The molecule has 0 radical (unpaired) electrons. The number of carbonyl (C=O) groups is 1. The zero-order valence-corrected chi connectivity index (χ0v) is 9.96. The van der Waals surface area contributed by atoms with Crippen molar-refractivity contribution in [1.29, 1.82) is 0 Å². The van der Waals surface area contributed by atoms with Crippen LogP contribution in [0.5, 0.6) is 0 Å². The summed E-state index contributed by atoms with van der Waals surface area (Å²) in [5, 5.41) is 7.30. The highest BCUT2D eigenvalue weighted by Gasteiger charge is 2.41. The third-order valence-corrected chi connectivity index (χ3v) is 5.82. The molecule has 1 aliphatic rings. The molecule has 0 spiro atoms. The minimum Gasteiger partial charge on any atom is -0.480 e. The number of carboxylic acids is 1. The Labute approximate surface area is 90.6 Å². The van der Waals surface area contributed by atoms with E-state index in [9.17, 15) is 13.2 Å². The first-order valence-electron chi connectivity index (χ1n) is 5.33.